The normalized spacial score (nSPS) is 10.7. The molecule has 1 heterocycles. The number of rotatable bonds is 6. The van der Waals surface area contributed by atoms with Crippen molar-refractivity contribution in [2.24, 2.45) is 0 Å². The number of halogens is 1. The number of carboxylic acid groups (broad SMARTS) is 1. The Labute approximate surface area is 145 Å². The Hall–Kier alpha value is -2.34. The maximum atomic E-state index is 12.3. The zero-order valence-corrected chi connectivity index (χ0v) is 14.7. The lowest BCUT2D eigenvalue weighted by Crippen LogP contribution is -2.30. The quantitative estimate of drug-likeness (QED) is 0.869. The van der Waals surface area contributed by atoms with E-state index in [-0.39, 0.29) is 25.3 Å². The fraction of sp³-hybridized carbons (Fsp3) is 0.353. The van der Waals surface area contributed by atoms with Gasteiger partial charge in [-0.1, -0.05) is 11.6 Å². The maximum Gasteiger partial charge on any atom is 0.305 e. The van der Waals surface area contributed by atoms with Crippen molar-refractivity contribution >= 4 is 23.5 Å². The first kappa shape index (κ1) is 18.0. The zero-order chi connectivity index (χ0) is 17.9. The monoisotopic (exact) mass is 349 g/mol. The molecule has 2 aromatic rings. The van der Waals surface area contributed by atoms with Crippen molar-refractivity contribution in [3.05, 3.63) is 46.2 Å². The van der Waals surface area contributed by atoms with Gasteiger partial charge < -0.3 is 10.0 Å². The van der Waals surface area contributed by atoms with Crippen molar-refractivity contribution in [2.75, 3.05) is 13.6 Å². The molecule has 2 rings (SSSR count). The lowest BCUT2D eigenvalue weighted by atomic mass is 10.1. The second kappa shape index (κ2) is 7.49. The molecule has 0 saturated heterocycles. The van der Waals surface area contributed by atoms with Gasteiger partial charge in [-0.05, 0) is 38.1 Å². The Morgan fingerprint density at radius 2 is 1.88 bits per heavy atom. The first-order chi connectivity index (χ1) is 11.3. The Bertz CT molecular complexity index is 753. The van der Waals surface area contributed by atoms with Crippen LogP contribution in [-0.4, -0.2) is 45.3 Å². The fourth-order valence-corrected chi connectivity index (χ4v) is 2.56. The molecule has 0 bridgehead atoms. The molecule has 7 heteroatoms. The van der Waals surface area contributed by atoms with Gasteiger partial charge in [-0.15, -0.1) is 0 Å². The Kier molecular flexibility index (Phi) is 5.62. The molecule has 24 heavy (non-hydrogen) atoms. The lowest BCUT2D eigenvalue weighted by molar-refractivity contribution is -0.138. The van der Waals surface area contributed by atoms with Crippen molar-refractivity contribution < 1.29 is 14.7 Å². The van der Waals surface area contributed by atoms with Crippen LogP contribution >= 0.6 is 11.6 Å². The molecular formula is C17H20ClN3O3. The van der Waals surface area contributed by atoms with Crippen LogP contribution in [0.1, 0.15) is 23.4 Å². The van der Waals surface area contributed by atoms with Gasteiger partial charge in [-0.2, -0.15) is 5.10 Å². The van der Waals surface area contributed by atoms with Crippen LogP contribution in [-0.2, 0) is 16.0 Å². The van der Waals surface area contributed by atoms with E-state index in [1.54, 1.807) is 23.9 Å². The van der Waals surface area contributed by atoms with Gasteiger partial charge in [-0.3, -0.25) is 9.59 Å². The highest BCUT2D eigenvalue weighted by Gasteiger charge is 2.18. The van der Waals surface area contributed by atoms with E-state index >= 15 is 0 Å². The van der Waals surface area contributed by atoms with Crippen molar-refractivity contribution in [2.45, 2.75) is 26.7 Å². The predicted molar refractivity (Wildman–Crippen MR) is 91.6 cm³/mol. The summed E-state index contributed by atoms with van der Waals surface area (Å²) >= 11 is 5.91. The minimum Gasteiger partial charge on any atom is -0.481 e. The van der Waals surface area contributed by atoms with Crippen LogP contribution in [0.15, 0.2) is 24.3 Å². The number of hydrogen-bond donors (Lipinski definition) is 1. The number of nitrogens with zero attached hydrogens (tertiary/aromatic N) is 3. The van der Waals surface area contributed by atoms with Crippen molar-refractivity contribution in [3.63, 3.8) is 0 Å². The van der Waals surface area contributed by atoms with E-state index in [2.05, 4.69) is 5.10 Å². The smallest absolute Gasteiger partial charge is 0.305 e. The summed E-state index contributed by atoms with van der Waals surface area (Å²) in [6, 6.07) is 7.31. The summed E-state index contributed by atoms with van der Waals surface area (Å²) in [5.74, 6) is -1.05. The average Bonchev–Trinajstić information content (AvgIpc) is 2.81. The van der Waals surface area contributed by atoms with Gasteiger partial charge >= 0.3 is 5.97 Å². The maximum absolute atomic E-state index is 12.3. The summed E-state index contributed by atoms with van der Waals surface area (Å²) in [6.45, 7) is 3.96. The first-order valence-corrected chi connectivity index (χ1v) is 7.94. The number of carbonyl (C=O) groups is 2. The number of likely N-dealkylation sites (N-methyl/N-ethyl adjacent to an activating group) is 1. The number of amides is 1. The van der Waals surface area contributed by atoms with Gasteiger partial charge in [0.1, 0.15) is 0 Å². The number of aryl methyl sites for hydroxylation is 1. The summed E-state index contributed by atoms with van der Waals surface area (Å²) < 4.78 is 1.78. The molecule has 0 aliphatic heterocycles. The molecule has 0 radical (unpaired) electrons. The summed E-state index contributed by atoms with van der Waals surface area (Å²) in [5, 5.41) is 13.9. The van der Waals surface area contributed by atoms with Crippen LogP contribution < -0.4 is 0 Å². The van der Waals surface area contributed by atoms with Gasteiger partial charge in [0.05, 0.1) is 24.2 Å². The number of aliphatic carboxylic acids is 1. The van der Waals surface area contributed by atoms with E-state index in [1.807, 2.05) is 26.0 Å². The molecule has 6 nitrogen and oxygen atoms in total. The Morgan fingerprint density at radius 3 is 2.46 bits per heavy atom. The zero-order valence-electron chi connectivity index (χ0n) is 13.9. The van der Waals surface area contributed by atoms with Gasteiger partial charge in [0, 0.05) is 29.9 Å². The molecule has 0 unspecified atom stereocenters. The molecule has 0 aliphatic rings. The van der Waals surface area contributed by atoms with Crippen LogP contribution in [0.5, 0.6) is 0 Å². The minimum atomic E-state index is -0.919. The van der Waals surface area contributed by atoms with E-state index in [0.717, 1.165) is 22.6 Å². The third-order valence-corrected chi connectivity index (χ3v) is 4.18. The highest BCUT2D eigenvalue weighted by atomic mass is 35.5. The second-order valence-electron chi connectivity index (χ2n) is 5.67. The van der Waals surface area contributed by atoms with E-state index in [4.69, 9.17) is 16.7 Å². The molecule has 1 aromatic carbocycles. The summed E-state index contributed by atoms with van der Waals surface area (Å²) in [4.78, 5) is 24.4. The molecule has 1 N–H and O–H groups in total. The Balaban J connectivity index is 2.18. The molecule has 128 valence electrons. The van der Waals surface area contributed by atoms with Crippen LogP contribution in [0.25, 0.3) is 5.69 Å². The highest BCUT2D eigenvalue weighted by Crippen LogP contribution is 2.20. The molecule has 0 atom stereocenters. The van der Waals surface area contributed by atoms with Gasteiger partial charge in [-0.25, -0.2) is 4.68 Å². The number of carbonyl (C=O) groups excluding carboxylic acids is 1. The molecule has 0 spiro atoms. The molecule has 0 fully saturated rings. The van der Waals surface area contributed by atoms with Gasteiger partial charge in [0.25, 0.3) is 0 Å². The summed E-state index contributed by atoms with van der Waals surface area (Å²) in [5.41, 5.74) is 3.40. The number of benzene rings is 1. The van der Waals surface area contributed by atoms with Crippen LogP contribution in [0.4, 0.5) is 0 Å². The van der Waals surface area contributed by atoms with Crippen molar-refractivity contribution in [1.29, 1.82) is 0 Å². The topological polar surface area (TPSA) is 75.4 Å². The molecule has 1 aromatic heterocycles. The Morgan fingerprint density at radius 1 is 1.25 bits per heavy atom. The third kappa shape index (κ3) is 4.14. The van der Waals surface area contributed by atoms with E-state index < -0.39 is 5.97 Å². The van der Waals surface area contributed by atoms with Crippen LogP contribution in [0, 0.1) is 13.8 Å². The second-order valence-corrected chi connectivity index (χ2v) is 6.11. The third-order valence-electron chi connectivity index (χ3n) is 3.93. The van der Waals surface area contributed by atoms with E-state index in [1.165, 1.54) is 4.90 Å². The number of aromatic nitrogens is 2. The summed E-state index contributed by atoms with van der Waals surface area (Å²) in [6.07, 6.45) is 0.131. The van der Waals surface area contributed by atoms with E-state index in [0.29, 0.717) is 5.02 Å². The predicted octanol–water partition coefficient (Wildman–Crippen LogP) is 2.62. The number of hydrogen-bond acceptors (Lipinski definition) is 3. The largest absolute Gasteiger partial charge is 0.481 e. The van der Waals surface area contributed by atoms with Crippen molar-refractivity contribution in [1.82, 2.24) is 14.7 Å². The molecule has 1 amide bonds. The van der Waals surface area contributed by atoms with E-state index in [9.17, 15) is 9.59 Å². The number of carboxylic acids is 1. The molecule has 0 saturated carbocycles. The average molecular weight is 350 g/mol. The van der Waals surface area contributed by atoms with Crippen LogP contribution in [0.3, 0.4) is 0 Å². The van der Waals surface area contributed by atoms with Crippen molar-refractivity contribution in [3.8, 4) is 5.69 Å². The molecular weight excluding hydrogens is 330 g/mol. The minimum absolute atomic E-state index is 0.0652. The molecule has 0 aliphatic carbocycles. The summed E-state index contributed by atoms with van der Waals surface area (Å²) in [7, 11) is 1.61. The van der Waals surface area contributed by atoms with Crippen LogP contribution in [0.2, 0.25) is 5.02 Å². The van der Waals surface area contributed by atoms with Gasteiger partial charge in [0.2, 0.25) is 5.91 Å². The SMILES string of the molecule is Cc1nn(-c2ccc(Cl)cc2)c(C)c1CC(=O)N(C)CCC(=O)O. The standard InChI is InChI=1S/C17H20ClN3O3/c1-11-15(10-16(22)20(3)9-8-17(23)24)12(2)21(19-11)14-6-4-13(18)5-7-14/h4-7H,8-10H2,1-3H3,(H,23,24). The first-order valence-electron chi connectivity index (χ1n) is 7.56. The highest BCUT2D eigenvalue weighted by molar-refractivity contribution is 6.30. The fourth-order valence-electron chi connectivity index (χ4n) is 2.44. The lowest BCUT2D eigenvalue weighted by Gasteiger charge is -2.16. The van der Waals surface area contributed by atoms with Gasteiger partial charge in [0.15, 0.2) is 0 Å².